The van der Waals surface area contributed by atoms with Gasteiger partial charge in [0.05, 0.1) is 0 Å². The largest absolute Gasteiger partial charge is 0.507 e. The lowest BCUT2D eigenvalue weighted by Crippen LogP contribution is -2.16. The van der Waals surface area contributed by atoms with Crippen LogP contribution >= 0.6 is 0 Å². The van der Waals surface area contributed by atoms with Gasteiger partial charge in [0.25, 0.3) is 0 Å². The molecular weight excluding hydrogens is 296 g/mol. The van der Waals surface area contributed by atoms with Gasteiger partial charge in [0, 0.05) is 18.9 Å². The molecule has 0 saturated carbocycles. The molecule has 3 N–H and O–H groups in total. The molecule has 0 aliphatic rings. The predicted octanol–water partition coefficient (Wildman–Crippen LogP) is 4.04. The molecule has 0 amide bonds. The smallest absolute Gasteiger partial charge is 0.170 e. The first-order valence-electron chi connectivity index (χ1n) is 7.57. The van der Waals surface area contributed by atoms with Crippen molar-refractivity contribution in [2.75, 3.05) is 0 Å². The van der Waals surface area contributed by atoms with Gasteiger partial charge >= 0.3 is 0 Å². The predicted molar refractivity (Wildman–Crippen MR) is 88.2 cm³/mol. The summed E-state index contributed by atoms with van der Waals surface area (Å²) in [7, 11) is 0. The Labute approximate surface area is 137 Å². The third-order valence-corrected chi connectivity index (χ3v) is 3.20. The number of Topliss-reactive ketones (excluding diaryl/α,β-unsaturated/α-hetero) is 2. The van der Waals surface area contributed by atoms with E-state index in [1.54, 1.807) is 0 Å². The second kappa shape index (κ2) is 6.22. The van der Waals surface area contributed by atoms with Crippen LogP contribution in [0.4, 0.5) is 0 Å². The molecule has 0 fully saturated rings. The van der Waals surface area contributed by atoms with E-state index in [2.05, 4.69) is 0 Å². The van der Waals surface area contributed by atoms with Crippen molar-refractivity contribution in [3.8, 4) is 17.2 Å². The summed E-state index contributed by atoms with van der Waals surface area (Å²) in [6, 6.07) is 0.936. The molecule has 23 heavy (non-hydrogen) atoms. The fourth-order valence-corrected chi connectivity index (χ4v) is 2.33. The average Bonchev–Trinajstić information content (AvgIpc) is 2.21. The Morgan fingerprint density at radius 2 is 1.09 bits per heavy atom. The molecular formula is C18H26O5. The first kappa shape index (κ1) is 19.0. The highest BCUT2D eigenvalue weighted by molar-refractivity contribution is 6.09. The van der Waals surface area contributed by atoms with Crippen LogP contribution in [0, 0.1) is 10.8 Å². The zero-order valence-electron chi connectivity index (χ0n) is 14.6. The SMILES string of the molecule is CC(C)(C)CC(=O)c1c(O)cc(O)c(C(=O)CC(C)(C)C)c1O. The Kier molecular flexibility index (Phi) is 5.14. The number of hydrogen-bond acceptors (Lipinski definition) is 5. The fourth-order valence-electron chi connectivity index (χ4n) is 2.33. The lowest BCUT2D eigenvalue weighted by atomic mass is 9.84. The van der Waals surface area contributed by atoms with Gasteiger partial charge in [-0.05, 0) is 10.8 Å². The number of aromatic hydroxyl groups is 3. The second-order valence-electron chi connectivity index (χ2n) is 8.33. The summed E-state index contributed by atoms with van der Waals surface area (Å²) in [5.41, 5.74) is -1.31. The van der Waals surface area contributed by atoms with E-state index in [1.807, 2.05) is 41.5 Å². The fraction of sp³-hybridized carbons (Fsp3) is 0.556. The van der Waals surface area contributed by atoms with Crippen LogP contribution in [0.15, 0.2) is 6.07 Å². The Balaban J connectivity index is 3.38. The Morgan fingerprint density at radius 1 is 0.783 bits per heavy atom. The lowest BCUT2D eigenvalue weighted by Gasteiger charge is -2.20. The minimum absolute atomic E-state index is 0.0891. The number of phenolic OH excluding ortho intramolecular Hbond substituents is 3. The topological polar surface area (TPSA) is 94.8 Å². The van der Waals surface area contributed by atoms with Gasteiger partial charge in [0.15, 0.2) is 11.6 Å². The maximum Gasteiger partial charge on any atom is 0.170 e. The van der Waals surface area contributed by atoms with Gasteiger partial charge in [-0.25, -0.2) is 0 Å². The van der Waals surface area contributed by atoms with Gasteiger partial charge in [-0.2, -0.15) is 0 Å². The highest BCUT2D eigenvalue weighted by Crippen LogP contribution is 2.41. The van der Waals surface area contributed by atoms with Gasteiger partial charge in [-0.15, -0.1) is 0 Å². The zero-order chi connectivity index (χ0) is 18.2. The number of phenols is 3. The van der Waals surface area contributed by atoms with Crippen molar-refractivity contribution in [1.29, 1.82) is 0 Å². The van der Waals surface area contributed by atoms with Crippen molar-refractivity contribution in [2.24, 2.45) is 10.8 Å². The zero-order valence-corrected chi connectivity index (χ0v) is 14.6. The summed E-state index contributed by atoms with van der Waals surface area (Å²) >= 11 is 0. The first-order valence-corrected chi connectivity index (χ1v) is 7.57. The number of benzene rings is 1. The van der Waals surface area contributed by atoms with E-state index in [4.69, 9.17) is 0 Å². The minimum atomic E-state index is -0.647. The van der Waals surface area contributed by atoms with Crippen LogP contribution in [0.5, 0.6) is 17.2 Å². The van der Waals surface area contributed by atoms with Crippen LogP contribution in [0.1, 0.15) is 75.1 Å². The van der Waals surface area contributed by atoms with Crippen molar-refractivity contribution in [3.63, 3.8) is 0 Å². The number of carbonyl (C=O) groups excluding carboxylic acids is 2. The molecule has 0 radical (unpaired) electrons. The van der Waals surface area contributed by atoms with Gasteiger partial charge in [0.1, 0.15) is 28.4 Å². The maximum atomic E-state index is 12.4. The number of rotatable bonds is 4. The van der Waals surface area contributed by atoms with E-state index in [0.29, 0.717) is 0 Å². The standard InChI is InChI=1S/C18H26O5/c1-17(2,3)8-12(21)14-10(19)7-11(20)15(16(14)23)13(22)9-18(4,5)6/h7,19-20,23H,8-9H2,1-6H3. The summed E-state index contributed by atoms with van der Waals surface area (Å²) in [5, 5.41) is 30.2. The minimum Gasteiger partial charge on any atom is -0.507 e. The number of carbonyl (C=O) groups is 2. The van der Waals surface area contributed by atoms with E-state index in [0.717, 1.165) is 6.07 Å². The van der Waals surface area contributed by atoms with Crippen LogP contribution < -0.4 is 0 Å². The van der Waals surface area contributed by atoms with Gasteiger partial charge in [0.2, 0.25) is 0 Å². The van der Waals surface area contributed by atoms with Gasteiger partial charge < -0.3 is 15.3 Å². The highest BCUT2D eigenvalue weighted by atomic mass is 16.3. The summed E-state index contributed by atoms with van der Waals surface area (Å²) in [6.45, 7) is 11.1. The number of hydrogen-bond donors (Lipinski definition) is 3. The molecule has 0 spiro atoms. The highest BCUT2D eigenvalue weighted by Gasteiger charge is 2.30. The summed E-state index contributed by atoms with van der Waals surface area (Å²) < 4.78 is 0. The van der Waals surface area contributed by atoms with Gasteiger partial charge in [-0.1, -0.05) is 41.5 Å². The molecule has 0 bridgehead atoms. The average molecular weight is 322 g/mol. The molecule has 0 aliphatic carbocycles. The van der Waals surface area contributed by atoms with Crippen LogP contribution in [0.25, 0.3) is 0 Å². The molecule has 1 aromatic rings. The third-order valence-electron chi connectivity index (χ3n) is 3.20. The van der Waals surface area contributed by atoms with E-state index in [-0.39, 0.29) is 34.8 Å². The Morgan fingerprint density at radius 3 is 1.35 bits per heavy atom. The van der Waals surface area contributed by atoms with Crippen molar-refractivity contribution in [3.05, 3.63) is 17.2 Å². The normalized spacial score (nSPS) is 12.3. The van der Waals surface area contributed by atoms with Crippen molar-refractivity contribution < 1.29 is 24.9 Å². The van der Waals surface area contributed by atoms with E-state index in [9.17, 15) is 24.9 Å². The molecule has 0 atom stereocenters. The van der Waals surface area contributed by atoms with Gasteiger partial charge in [-0.3, -0.25) is 9.59 Å². The van der Waals surface area contributed by atoms with Crippen LogP contribution in [0.2, 0.25) is 0 Å². The molecule has 0 unspecified atom stereocenters. The van der Waals surface area contributed by atoms with Crippen molar-refractivity contribution >= 4 is 11.6 Å². The van der Waals surface area contributed by atoms with E-state index in [1.165, 1.54) is 0 Å². The van der Waals surface area contributed by atoms with E-state index < -0.39 is 28.8 Å². The molecule has 128 valence electrons. The lowest BCUT2D eigenvalue weighted by molar-refractivity contribution is 0.0933. The molecule has 1 aromatic carbocycles. The van der Waals surface area contributed by atoms with Crippen molar-refractivity contribution in [2.45, 2.75) is 54.4 Å². The summed E-state index contributed by atoms with van der Waals surface area (Å²) in [5.74, 6) is -2.65. The molecule has 5 heteroatoms. The van der Waals surface area contributed by atoms with Crippen molar-refractivity contribution in [1.82, 2.24) is 0 Å². The molecule has 0 heterocycles. The third kappa shape index (κ3) is 4.98. The van der Waals surface area contributed by atoms with Crippen LogP contribution in [0.3, 0.4) is 0 Å². The molecule has 0 saturated heterocycles. The quantitative estimate of drug-likeness (QED) is 0.727. The Hall–Kier alpha value is -2.04. The molecule has 1 rings (SSSR count). The molecule has 0 aliphatic heterocycles. The van der Waals surface area contributed by atoms with E-state index >= 15 is 0 Å². The van der Waals surface area contributed by atoms with Crippen LogP contribution in [-0.4, -0.2) is 26.9 Å². The molecule has 0 aromatic heterocycles. The summed E-state index contributed by atoms with van der Waals surface area (Å²) in [6.07, 6.45) is 0.178. The first-order chi connectivity index (χ1) is 10.2. The molecule has 5 nitrogen and oxygen atoms in total. The van der Waals surface area contributed by atoms with Crippen LogP contribution in [-0.2, 0) is 0 Å². The number of ketones is 2. The summed E-state index contributed by atoms with van der Waals surface area (Å²) in [4.78, 5) is 24.7. The second-order valence-corrected chi connectivity index (χ2v) is 8.33. The monoisotopic (exact) mass is 322 g/mol. The maximum absolute atomic E-state index is 12.4. The Bertz CT molecular complexity index is 578.